The molecule has 0 bridgehead atoms. The van der Waals surface area contributed by atoms with Crippen LogP contribution in [0.2, 0.25) is 0 Å². The van der Waals surface area contributed by atoms with Crippen LogP contribution in [0.4, 0.5) is 0 Å². The molecule has 0 amide bonds. The van der Waals surface area contributed by atoms with Crippen LogP contribution in [0.25, 0.3) is 0 Å². The van der Waals surface area contributed by atoms with Crippen LogP contribution in [-0.4, -0.2) is 15.5 Å². The highest BCUT2D eigenvalue weighted by Crippen LogP contribution is 2.18. The van der Waals surface area contributed by atoms with Gasteiger partial charge in [-0.05, 0) is 44.5 Å². The molecular weight excluding hydrogens is 238 g/mol. The van der Waals surface area contributed by atoms with Crippen molar-refractivity contribution in [1.29, 1.82) is 0 Å². The van der Waals surface area contributed by atoms with E-state index >= 15 is 0 Å². The molecule has 1 N–H and O–H groups in total. The van der Waals surface area contributed by atoms with Gasteiger partial charge in [0.25, 0.3) is 0 Å². The molecule has 0 spiro atoms. The van der Waals surface area contributed by atoms with E-state index in [9.17, 15) is 0 Å². The van der Waals surface area contributed by atoms with Crippen molar-refractivity contribution in [3.63, 3.8) is 0 Å². The summed E-state index contributed by atoms with van der Waals surface area (Å²) in [5.41, 5.74) is 1.23. The maximum Gasteiger partial charge on any atom is 0.219 e. The van der Waals surface area contributed by atoms with Crippen LogP contribution in [-0.2, 0) is 6.54 Å². The fourth-order valence-corrected chi connectivity index (χ4v) is 1.51. The fourth-order valence-electron chi connectivity index (χ4n) is 1.51. The van der Waals surface area contributed by atoms with E-state index < -0.39 is 0 Å². The Kier molecular flexibility index (Phi) is 4.12. The Labute approximate surface area is 113 Å². The van der Waals surface area contributed by atoms with Gasteiger partial charge in [-0.3, -0.25) is 4.98 Å². The van der Waals surface area contributed by atoms with Crippen LogP contribution in [0.1, 0.15) is 26.3 Å². The maximum absolute atomic E-state index is 5.65. The number of pyridine rings is 2. The number of nitrogens with one attached hydrogen (secondary N) is 1. The first-order valence-corrected chi connectivity index (χ1v) is 6.31. The Morgan fingerprint density at radius 1 is 1.21 bits per heavy atom. The van der Waals surface area contributed by atoms with E-state index in [-0.39, 0.29) is 5.54 Å². The molecule has 0 saturated carbocycles. The largest absolute Gasteiger partial charge is 0.437 e. The third-order valence-corrected chi connectivity index (χ3v) is 2.48. The molecule has 2 aromatic heterocycles. The van der Waals surface area contributed by atoms with Gasteiger partial charge in [0.2, 0.25) is 5.88 Å². The molecule has 4 heteroatoms. The minimum Gasteiger partial charge on any atom is -0.437 e. The Balaban J connectivity index is 2.03. The zero-order valence-corrected chi connectivity index (χ0v) is 11.6. The van der Waals surface area contributed by atoms with E-state index in [2.05, 4.69) is 36.1 Å². The average Bonchev–Trinajstić information content (AvgIpc) is 2.37. The van der Waals surface area contributed by atoms with Crippen molar-refractivity contribution in [2.24, 2.45) is 0 Å². The number of hydrogen-bond acceptors (Lipinski definition) is 4. The molecular formula is C15H19N3O. The van der Waals surface area contributed by atoms with Crippen LogP contribution in [0.15, 0.2) is 42.9 Å². The van der Waals surface area contributed by atoms with Crippen LogP contribution in [0.5, 0.6) is 11.6 Å². The molecule has 2 heterocycles. The number of ether oxygens (including phenoxy) is 1. The molecule has 2 aromatic rings. The first-order valence-electron chi connectivity index (χ1n) is 6.31. The van der Waals surface area contributed by atoms with Crippen LogP contribution in [0.3, 0.4) is 0 Å². The summed E-state index contributed by atoms with van der Waals surface area (Å²) in [4.78, 5) is 8.21. The topological polar surface area (TPSA) is 47.0 Å². The Bertz CT molecular complexity index is 520. The second kappa shape index (κ2) is 5.80. The quantitative estimate of drug-likeness (QED) is 0.914. The molecule has 0 aliphatic heterocycles. The average molecular weight is 257 g/mol. The summed E-state index contributed by atoms with van der Waals surface area (Å²) in [6.45, 7) is 7.21. The van der Waals surface area contributed by atoms with Gasteiger partial charge in [-0.1, -0.05) is 0 Å². The van der Waals surface area contributed by atoms with Gasteiger partial charge in [0, 0.05) is 30.5 Å². The highest BCUT2D eigenvalue weighted by Gasteiger charge is 2.09. The van der Waals surface area contributed by atoms with E-state index in [1.54, 1.807) is 18.6 Å². The van der Waals surface area contributed by atoms with Crippen molar-refractivity contribution in [2.45, 2.75) is 32.9 Å². The third kappa shape index (κ3) is 4.67. The Hall–Kier alpha value is -1.94. The van der Waals surface area contributed by atoms with Gasteiger partial charge in [0.1, 0.15) is 5.75 Å². The van der Waals surface area contributed by atoms with Gasteiger partial charge in [-0.2, -0.15) is 0 Å². The summed E-state index contributed by atoms with van der Waals surface area (Å²) in [7, 11) is 0. The smallest absolute Gasteiger partial charge is 0.219 e. The van der Waals surface area contributed by atoms with Crippen LogP contribution < -0.4 is 10.1 Å². The van der Waals surface area contributed by atoms with Crippen molar-refractivity contribution >= 4 is 0 Å². The summed E-state index contributed by atoms with van der Waals surface area (Å²) < 4.78 is 5.65. The number of hydrogen-bond donors (Lipinski definition) is 1. The standard InChI is InChI=1S/C15H19N3O/c1-15(2,3)18-10-12-6-8-17-14(9-12)19-13-5-4-7-16-11-13/h4-9,11,18H,10H2,1-3H3. The molecule has 0 aromatic carbocycles. The number of rotatable bonds is 4. The summed E-state index contributed by atoms with van der Waals surface area (Å²) in [5.74, 6) is 1.28. The maximum atomic E-state index is 5.65. The van der Waals surface area contributed by atoms with Crippen molar-refractivity contribution in [3.8, 4) is 11.6 Å². The lowest BCUT2D eigenvalue weighted by Crippen LogP contribution is -2.35. The number of nitrogens with zero attached hydrogens (tertiary/aromatic N) is 2. The van der Waals surface area contributed by atoms with E-state index in [0.717, 1.165) is 12.1 Å². The molecule has 0 saturated heterocycles. The Morgan fingerprint density at radius 3 is 2.74 bits per heavy atom. The first-order chi connectivity index (χ1) is 9.03. The summed E-state index contributed by atoms with van der Waals surface area (Å²) in [6, 6.07) is 7.61. The highest BCUT2D eigenvalue weighted by atomic mass is 16.5. The summed E-state index contributed by atoms with van der Waals surface area (Å²) in [5, 5.41) is 3.43. The molecule has 0 atom stereocenters. The monoisotopic (exact) mass is 257 g/mol. The van der Waals surface area contributed by atoms with Gasteiger partial charge < -0.3 is 10.1 Å². The first kappa shape index (κ1) is 13.5. The Morgan fingerprint density at radius 2 is 2.05 bits per heavy atom. The summed E-state index contributed by atoms with van der Waals surface area (Å²) >= 11 is 0. The third-order valence-electron chi connectivity index (χ3n) is 2.48. The minimum atomic E-state index is 0.0909. The van der Waals surface area contributed by atoms with Crippen LogP contribution >= 0.6 is 0 Å². The molecule has 0 radical (unpaired) electrons. The van der Waals surface area contributed by atoms with Crippen molar-refractivity contribution in [3.05, 3.63) is 48.4 Å². The SMILES string of the molecule is CC(C)(C)NCc1ccnc(Oc2cccnc2)c1. The lowest BCUT2D eigenvalue weighted by molar-refractivity contribution is 0.421. The van der Waals surface area contributed by atoms with Gasteiger partial charge in [-0.25, -0.2) is 4.98 Å². The molecule has 19 heavy (non-hydrogen) atoms. The molecule has 2 rings (SSSR count). The minimum absolute atomic E-state index is 0.0909. The predicted octanol–water partition coefficient (Wildman–Crippen LogP) is 3.16. The fraction of sp³-hybridized carbons (Fsp3) is 0.333. The van der Waals surface area contributed by atoms with Crippen molar-refractivity contribution in [2.75, 3.05) is 0 Å². The lowest BCUT2D eigenvalue weighted by atomic mass is 10.1. The zero-order chi connectivity index (χ0) is 13.7. The molecule has 0 aliphatic carbocycles. The molecule has 100 valence electrons. The second-order valence-electron chi connectivity index (χ2n) is 5.40. The predicted molar refractivity (Wildman–Crippen MR) is 75.1 cm³/mol. The van der Waals surface area contributed by atoms with Gasteiger partial charge in [0.15, 0.2) is 0 Å². The normalized spacial score (nSPS) is 11.3. The van der Waals surface area contributed by atoms with E-state index in [1.807, 2.05) is 24.3 Å². The zero-order valence-electron chi connectivity index (χ0n) is 11.6. The van der Waals surface area contributed by atoms with E-state index in [1.165, 1.54) is 0 Å². The molecule has 0 fully saturated rings. The van der Waals surface area contributed by atoms with Gasteiger partial charge in [-0.15, -0.1) is 0 Å². The van der Waals surface area contributed by atoms with Crippen LogP contribution in [0, 0.1) is 0 Å². The van der Waals surface area contributed by atoms with Crippen molar-refractivity contribution < 1.29 is 4.74 Å². The second-order valence-corrected chi connectivity index (χ2v) is 5.40. The highest BCUT2D eigenvalue weighted by molar-refractivity contribution is 5.26. The van der Waals surface area contributed by atoms with Crippen molar-refractivity contribution in [1.82, 2.24) is 15.3 Å². The van der Waals surface area contributed by atoms with E-state index in [0.29, 0.717) is 11.6 Å². The molecule has 4 nitrogen and oxygen atoms in total. The van der Waals surface area contributed by atoms with E-state index in [4.69, 9.17) is 4.74 Å². The summed E-state index contributed by atoms with van der Waals surface area (Å²) in [6.07, 6.45) is 5.14. The lowest BCUT2D eigenvalue weighted by Gasteiger charge is -2.20. The van der Waals surface area contributed by atoms with Gasteiger partial charge in [0.05, 0.1) is 6.20 Å². The molecule has 0 aliphatic rings. The number of aromatic nitrogens is 2. The molecule has 0 unspecified atom stereocenters. The van der Waals surface area contributed by atoms with Gasteiger partial charge >= 0.3 is 0 Å².